The van der Waals surface area contributed by atoms with Crippen molar-refractivity contribution in [2.24, 2.45) is 0 Å². The van der Waals surface area contributed by atoms with Crippen LogP contribution in [0.3, 0.4) is 0 Å². The van der Waals surface area contributed by atoms with Crippen LogP contribution in [0.2, 0.25) is 0 Å². The second kappa shape index (κ2) is 8.38. The van der Waals surface area contributed by atoms with Gasteiger partial charge >= 0.3 is 0 Å². The average Bonchev–Trinajstić information content (AvgIpc) is 2.70. The third kappa shape index (κ3) is 4.57. The molecule has 1 aliphatic heterocycles. The van der Waals surface area contributed by atoms with E-state index in [9.17, 15) is 18.0 Å². The Morgan fingerprint density at radius 1 is 1.04 bits per heavy atom. The van der Waals surface area contributed by atoms with Gasteiger partial charge in [-0.3, -0.25) is 9.59 Å². The van der Waals surface area contributed by atoms with Gasteiger partial charge in [0.25, 0.3) is 5.91 Å². The number of aromatic nitrogens is 1. The van der Waals surface area contributed by atoms with E-state index >= 15 is 0 Å². The Bertz CT molecular complexity index is 970. The molecule has 148 valence electrons. The van der Waals surface area contributed by atoms with Crippen molar-refractivity contribution >= 4 is 43.6 Å². The number of nitrogens with zero attached hydrogens (tertiary/aromatic N) is 3. The van der Waals surface area contributed by atoms with Gasteiger partial charge in [-0.15, -0.1) is 0 Å². The van der Waals surface area contributed by atoms with E-state index in [0.717, 1.165) is 4.47 Å². The lowest BCUT2D eigenvalue weighted by atomic mass is 10.2. The van der Waals surface area contributed by atoms with Gasteiger partial charge in [0, 0.05) is 49.3 Å². The van der Waals surface area contributed by atoms with E-state index in [-0.39, 0.29) is 29.8 Å². The summed E-state index contributed by atoms with van der Waals surface area (Å²) in [4.78, 5) is 29.5. The fourth-order valence-corrected chi connectivity index (χ4v) is 4.47. The van der Waals surface area contributed by atoms with E-state index in [4.69, 9.17) is 0 Å². The Morgan fingerprint density at radius 3 is 2.21 bits per heavy atom. The summed E-state index contributed by atoms with van der Waals surface area (Å²) in [6.07, 6.45) is 1.57. The third-order valence-electron chi connectivity index (χ3n) is 4.41. The highest BCUT2D eigenvalue weighted by Gasteiger charge is 2.29. The smallest absolute Gasteiger partial charge is 0.256 e. The molecule has 0 bridgehead atoms. The Morgan fingerprint density at radius 2 is 1.68 bits per heavy atom. The summed E-state index contributed by atoms with van der Waals surface area (Å²) in [6.45, 7) is 2.71. The van der Waals surface area contributed by atoms with Gasteiger partial charge in [0.05, 0.1) is 4.90 Å². The lowest BCUT2D eigenvalue weighted by molar-refractivity contribution is -0.129. The summed E-state index contributed by atoms with van der Waals surface area (Å²) in [5.41, 5.74) is 0.324. The predicted molar refractivity (Wildman–Crippen MR) is 107 cm³/mol. The van der Waals surface area contributed by atoms with Crippen LogP contribution in [0.25, 0.3) is 0 Å². The van der Waals surface area contributed by atoms with Crippen molar-refractivity contribution in [3.8, 4) is 0 Å². The zero-order valence-electron chi connectivity index (χ0n) is 15.1. The van der Waals surface area contributed by atoms with Gasteiger partial charge in [0.1, 0.15) is 5.82 Å². The van der Waals surface area contributed by atoms with Crippen LogP contribution in [-0.4, -0.2) is 60.6 Å². The number of benzene rings is 1. The van der Waals surface area contributed by atoms with Crippen molar-refractivity contribution in [2.45, 2.75) is 11.8 Å². The number of nitrogens with one attached hydrogen (secondary N) is 1. The summed E-state index contributed by atoms with van der Waals surface area (Å²) in [7, 11) is -3.67. The molecule has 2 heterocycles. The van der Waals surface area contributed by atoms with Gasteiger partial charge in [0.15, 0.2) is 0 Å². The number of hydrogen-bond acceptors (Lipinski definition) is 5. The van der Waals surface area contributed by atoms with Crippen LogP contribution in [0.15, 0.2) is 52.0 Å². The molecule has 1 aromatic heterocycles. The van der Waals surface area contributed by atoms with E-state index < -0.39 is 10.0 Å². The van der Waals surface area contributed by atoms with Crippen LogP contribution in [0.1, 0.15) is 17.3 Å². The first-order valence-corrected chi connectivity index (χ1v) is 10.8. The average molecular weight is 467 g/mol. The van der Waals surface area contributed by atoms with E-state index in [1.807, 2.05) is 0 Å². The number of halogens is 1. The van der Waals surface area contributed by atoms with Crippen molar-refractivity contribution in [2.75, 3.05) is 31.5 Å². The van der Waals surface area contributed by atoms with Crippen molar-refractivity contribution in [3.63, 3.8) is 0 Å². The first kappa shape index (κ1) is 20.4. The molecule has 0 saturated carbocycles. The highest BCUT2D eigenvalue weighted by molar-refractivity contribution is 9.10. The third-order valence-corrected chi connectivity index (χ3v) is 6.79. The molecule has 1 fully saturated rings. The van der Waals surface area contributed by atoms with Gasteiger partial charge in [-0.05, 0) is 52.3 Å². The topological polar surface area (TPSA) is 99.7 Å². The number of carbonyl (C=O) groups is 2. The lowest BCUT2D eigenvalue weighted by Crippen LogP contribution is -2.49. The Balaban J connectivity index is 1.68. The predicted octanol–water partition coefficient (Wildman–Crippen LogP) is 1.95. The molecule has 8 nitrogen and oxygen atoms in total. The number of hydrogen-bond donors (Lipinski definition) is 1. The zero-order valence-corrected chi connectivity index (χ0v) is 17.5. The molecular weight excluding hydrogens is 448 g/mol. The minimum Gasteiger partial charge on any atom is -0.340 e. The minimum atomic E-state index is -3.67. The SMILES string of the molecule is CC(=O)N1CCN(S(=O)(=O)c2ccc(C(=O)Nc3ccc(Br)cn3)cc2)CC1. The quantitative estimate of drug-likeness (QED) is 0.741. The fourth-order valence-electron chi connectivity index (χ4n) is 2.81. The lowest BCUT2D eigenvalue weighted by Gasteiger charge is -2.33. The van der Waals surface area contributed by atoms with Gasteiger partial charge < -0.3 is 10.2 Å². The summed E-state index contributed by atoms with van der Waals surface area (Å²) < 4.78 is 27.7. The number of carbonyl (C=O) groups excluding carboxylic acids is 2. The van der Waals surface area contributed by atoms with Crippen LogP contribution < -0.4 is 5.32 Å². The van der Waals surface area contributed by atoms with E-state index in [2.05, 4.69) is 26.2 Å². The van der Waals surface area contributed by atoms with Crippen molar-refractivity contribution in [1.82, 2.24) is 14.2 Å². The van der Waals surface area contributed by atoms with Crippen LogP contribution in [0.4, 0.5) is 5.82 Å². The maximum atomic E-state index is 12.8. The van der Waals surface area contributed by atoms with Gasteiger partial charge in [-0.1, -0.05) is 0 Å². The molecule has 0 radical (unpaired) electrons. The number of pyridine rings is 1. The molecule has 10 heteroatoms. The molecule has 1 aliphatic rings. The highest BCUT2D eigenvalue weighted by atomic mass is 79.9. The standard InChI is InChI=1S/C18H19BrN4O4S/c1-13(24)22-8-10-23(11-9-22)28(26,27)16-5-2-14(3-6-16)18(25)21-17-7-4-15(19)12-20-17/h2-7,12H,8-11H2,1H3,(H,20,21,25). The number of rotatable bonds is 4. The largest absolute Gasteiger partial charge is 0.340 e. The van der Waals surface area contributed by atoms with Gasteiger partial charge in [-0.2, -0.15) is 4.31 Å². The number of amides is 2. The molecule has 0 aliphatic carbocycles. The number of anilines is 1. The number of sulfonamides is 1. The van der Waals surface area contributed by atoms with E-state index in [0.29, 0.717) is 24.5 Å². The molecule has 1 aromatic carbocycles. The monoisotopic (exact) mass is 466 g/mol. The van der Waals surface area contributed by atoms with Crippen LogP contribution in [0, 0.1) is 0 Å². The molecular formula is C18H19BrN4O4S. The Labute approximate surface area is 171 Å². The van der Waals surface area contributed by atoms with Crippen LogP contribution >= 0.6 is 15.9 Å². The minimum absolute atomic E-state index is 0.0623. The Kier molecular flexibility index (Phi) is 6.11. The fraction of sp³-hybridized carbons (Fsp3) is 0.278. The first-order valence-electron chi connectivity index (χ1n) is 8.56. The van der Waals surface area contributed by atoms with Crippen molar-refractivity contribution < 1.29 is 18.0 Å². The summed E-state index contributed by atoms with van der Waals surface area (Å²) >= 11 is 3.27. The molecule has 2 aromatic rings. The zero-order chi connectivity index (χ0) is 20.3. The van der Waals surface area contributed by atoms with E-state index in [1.165, 1.54) is 35.5 Å². The number of piperazine rings is 1. The molecule has 1 N–H and O–H groups in total. The maximum absolute atomic E-state index is 12.8. The Hall–Kier alpha value is -2.30. The van der Waals surface area contributed by atoms with Gasteiger partial charge in [0.2, 0.25) is 15.9 Å². The molecule has 1 saturated heterocycles. The van der Waals surface area contributed by atoms with Gasteiger partial charge in [-0.25, -0.2) is 13.4 Å². The van der Waals surface area contributed by atoms with Crippen molar-refractivity contribution in [3.05, 3.63) is 52.6 Å². The van der Waals surface area contributed by atoms with Crippen molar-refractivity contribution in [1.29, 1.82) is 0 Å². The molecule has 0 spiro atoms. The highest BCUT2D eigenvalue weighted by Crippen LogP contribution is 2.19. The van der Waals surface area contributed by atoms with Crippen LogP contribution in [0.5, 0.6) is 0 Å². The molecule has 0 atom stereocenters. The summed E-state index contributed by atoms with van der Waals surface area (Å²) in [5, 5.41) is 2.65. The summed E-state index contributed by atoms with van der Waals surface area (Å²) in [6, 6.07) is 9.17. The maximum Gasteiger partial charge on any atom is 0.256 e. The van der Waals surface area contributed by atoms with E-state index in [1.54, 1.807) is 23.2 Å². The normalized spacial score (nSPS) is 15.3. The van der Waals surface area contributed by atoms with Crippen LogP contribution in [-0.2, 0) is 14.8 Å². The molecule has 2 amide bonds. The molecule has 3 rings (SSSR count). The second-order valence-corrected chi connectivity index (χ2v) is 9.10. The molecule has 28 heavy (non-hydrogen) atoms. The first-order chi connectivity index (χ1) is 13.3. The second-order valence-electron chi connectivity index (χ2n) is 6.25. The summed E-state index contributed by atoms with van der Waals surface area (Å²) in [5.74, 6) is -0.0465. The molecule has 0 unspecified atom stereocenters.